The molecule has 0 unspecified atom stereocenters. The molecule has 1 N–H and O–H groups in total. The van der Waals surface area contributed by atoms with Crippen LogP contribution >= 0.6 is 15.9 Å². The lowest BCUT2D eigenvalue weighted by Crippen LogP contribution is -2.35. The van der Waals surface area contributed by atoms with E-state index in [1.165, 1.54) is 38.8 Å². The third-order valence-electron chi connectivity index (χ3n) is 3.86. The number of carbonyl (C=O) groups is 1. The van der Waals surface area contributed by atoms with E-state index in [0.29, 0.717) is 0 Å². The van der Waals surface area contributed by atoms with Gasteiger partial charge in [-0.25, -0.2) is 0 Å². The Balaban J connectivity index is 1.81. The fourth-order valence-corrected chi connectivity index (χ4v) is 2.98. The van der Waals surface area contributed by atoms with Crippen molar-refractivity contribution in [2.45, 2.75) is 32.6 Å². The summed E-state index contributed by atoms with van der Waals surface area (Å²) in [6.45, 7) is 6.00. The van der Waals surface area contributed by atoms with Crippen LogP contribution in [0.25, 0.3) is 0 Å². The van der Waals surface area contributed by atoms with E-state index in [0.717, 1.165) is 28.7 Å². The van der Waals surface area contributed by atoms with Crippen molar-refractivity contribution in [3.8, 4) is 0 Å². The molecule has 1 heterocycles. The second kappa shape index (κ2) is 7.79. The normalized spacial score (nSPS) is 16.7. The minimum Gasteiger partial charge on any atom is -0.351 e. The highest BCUT2D eigenvalue weighted by atomic mass is 79.9. The lowest BCUT2D eigenvalue weighted by molar-refractivity contribution is 0.0948. The molecular formula is C16H23BrN2O. The average molecular weight is 339 g/mol. The van der Waals surface area contributed by atoms with Gasteiger partial charge in [0.05, 0.1) is 0 Å². The zero-order valence-electron chi connectivity index (χ0n) is 12.1. The number of amides is 1. The lowest BCUT2D eigenvalue weighted by atomic mass is 10.1. The number of halogens is 1. The van der Waals surface area contributed by atoms with Crippen molar-refractivity contribution < 1.29 is 4.79 Å². The monoisotopic (exact) mass is 338 g/mol. The van der Waals surface area contributed by atoms with E-state index in [9.17, 15) is 4.79 Å². The van der Waals surface area contributed by atoms with E-state index in [1.54, 1.807) is 0 Å². The summed E-state index contributed by atoms with van der Waals surface area (Å²) in [5, 5.41) is 3.03. The third-order valence-corrected chi connectivity index (χ3v) is 4.35. The molecule has 1 saturated heterocycles. The number of likely N-dealkylation sites (tertiary alicyclic amines) is 1. The Hall–Kier alpha value is -0.870. The van der Waals surface area contributed by atoms with E-state index in [-0.39, 0.29) is 5.91 Å². The van der Waals surface area contributed by atoms with Gasteiger partial charge in [-0.15, -0.1) is 0 Å². The fourth-order valence-electron chi connectivity index (χ4n) is 2.62. The van der Waals surface area contributed by atoms with Crippen LogP contribution in [0.5, 0.6) is 0 Å². The average Bonchev–Trinajstić information content (AvgIpc) is 2.70. The SMILES string of the molecule is Cc1ccc(Br)cc1C(=O)NCCN1CCCCCC1. The van der Waals surface area contributed by atoms with Gasteiger partial charge in [-0.05, 0) is 50.6 Å². The van der Waals surface area contributed by atoms with Crippen molar-refractivity contribution in [2.75, 3.05) is 26.2 Å². The number of hydrogen-bond donors (Lipinski definition) is 1. The number of aryl methyl sites for hydroxylation is 1. The van der Waals surface area contributed by atoms with Crippen LogP contribution in [0.4, 0.5) is 0 Å². The molecule has 2 rings (SSSR count). The second-order valence-corrected chi connectivity index (χ2v) is 6.39. The summed E-state index contributed by atoms with van der Waals surface area (Å²) in [5.41, 5.74) is 1.77. The summed E-state index contributed by atoms with van der Waals surface area (Å²) in [7, 11) is 0. The van der Waals surface area contributed by atoms with Gasteiger partial charge >= 0.3 is 0 Å². The van der Waals surface area contributed by atoms with Gasteiger partial charge in [0.15, 0.2) is 0 Å². The van der Waals surface area contributed by atoms with Gasteiger partial charge < -0.3 is 10.2 Å². The fraction of sp³-hybridized carbons (Fsp3) is 0.562. The molecule has 1 aliphatic heterocycles. The van der Waals surface area contributed by atoms with Gasteiger partial charge in [0.25, 0.3) is 5.91 Å². The van der Waals surface area contributed by atoms with Gasteiger partial charge in [-0.1, -0.05) is 34.8 Å². The van der Waals surface area contributed by atoms with Crippen molar-refractivity contribution in [2.24, 2.45) is 0 Å². The smallest absolute Gasteiger partial charge is 0.251 e. The van der Waals surface area contributed by atoms with Crippen molar-refractivity contribution in [1.82, 2.24) is 10.2 Å². The Morgan fingerprint density at radius 1 is 1.25 bits per heavy atom. The zero-order valence-corrected chi connectivity index (χ0v) is 13.7. The largest absolute Gasteiger partial charge is 0.351 e. The summed E-state index contributed by atoms with van der Waals surface area (Å²) in [6.07, 6.45) is 5.28. The first-order valence-electron chi connectivity index (χ1n) is 7.43. The molecule has 1 amide bonds. The van der Waals surface area contributed by atoms with E-state index in [2.05, 4.69) is 26.1 Å². The molecule has 1 aliphatic rings. The number of hydrogen-bond acceptors (Lipinski definition) is 2. The van der Waals surface area contributed by atoms with Gasteiger partial charge in [0.2, 0.25) is 0 Å². The molecule has 0 radical (unpaired) electrons. The van der Waals surface area contributed by atoms with Gasteiger partial charge in [0, 0.05) is 23.1 Å². The second-order valence-electron chi connectivity index (χ2n) is 5.47. The molecule has 1 aromatic carbocycles. The Labute approximate surface area is 129 Å². The summed E-state index contributed by atoms with van der Waals surface area (Å²) in [4.78, 5) is 14.6. The topological polar surface area (TPSA) is 32.3 Å². The highest BCUT2D eigenvalue weighted by Crippen LogP contribution is 2.16. The molecule has 0 spiro atoms. The van der Waals surface area contributed by atoms with Crippen LogP contribution in [0, 0.1) is 6.92 Å². The molecule has 110 valence electrons. The highest BCUT2D eigenvalue weighted by molar-refractivity contribution is 9.10. The molecule has 0 aliphatic carbocycles. The van der Waals surface area contributed by atoms with Crippen molar-refractivity contribution in [3.05, 3.63) is 33.8 Å². The minimum absolute atomic E-state index is 0.0265. The quantitative estimate of drug-likeness (QED) is 0.912. The molecule has 0 atom stereocenters. The van der Waals surface area contributed by atoms with Gasteiger partial charge in [0.1, 0.15) is 0 Å². The lowest BCUT2D eigenvalue weighted by Gasteiger charge is -2.19. The number of nitrogens with one attached hydrogen (secondary N) is 1. The first-order chi connectivity index (χ1) is 9.66. The van der Waals surface area contributed by atoms with Crippen LogP contribution in [0.3, 0.4) is 0 Å². The molecular weight excluding hydrogens is 316 g/mol. The summed E-state index contributed by atoms with van der Waals surface area (Å²) < 4.78 is 0.945. The molecule has 20 heavy (non-hydrogen) atoms. The molecule has 1 fully saturated rings. The van der Waals surface area contributed by atoms with Crippen LogP contribution < -0.4 is 5.32 Å². The standard InChI is InChI=1S/C16H23BrN2O/c1-13-6-7-14(17)12-15(13)16(20)18-8-11-19-9-4-2-3-5-10-19/h6-7,12H,2-5,8-11H2,1H3,(H,18,20). The number of benzene rings is 1. The maximum atomic E-state index is 12.2. The molecule has 0 saturated carbocycles. The Bertz CT molecular complexity index is 454. The van der Waals surface area contributed by atoms with Crippen LogP contribution in [0.2, 0.25) is 0 Å². The maximum Gasteiger partial charge on any atom is 0.251 e. The van der Waals surface area contributed by atoms with Crippen molar-refractivity contribution in [3.63, 3.8) is 0 Å². The minimum atomic E-state index is 0.0265. The van der Waals surface area contributed by atoms with Crippen molar-refractivity contribution >= 4 is 21.8 Å². The van der Waals surface area contributed by atoms with Crippen LogP contribution in [-0.2, 0) is 0 Å². The Kier molecular flexibility index (Phi) is 6.05. The Morgan fingerprint density at radius 2 is 1.95 bits per heavy atom. The Morgan fingerprint density at radius 3 is 2.65 bits per heavy atom. The van der Waals surface area contributed by atoms with E-state index in [1.807, 2.05) is 25.1 Å². The van der Waals surface area contributed by atoms with Gasteiger partial charge in [-0.3, -0.25) is 4.79 Å². The van der Waals surface area contributed by atoms with Crippen molar-refractivity contribution in [1.29, 1.82) is 0 Å². The molecule has 1 aromatic rings. The highest BCUT2D eigenvalue weighted by Gasteiger charge is 2.11. The molecule has 0 aromatic heterocycles. The number of rotatable bonds is 4. The van der Waals surface area contributed by atoms with Gasteiger partial charge in [-0.2, -0.15) is 0 Å². The van der Waals surface area contributed by atoms with Crippen LogP contribution in [0.15, 0.2) is 22.7 Å². The number of nitrogens with zero attached hydrogens (tertiary/aromatic N) is 1. The summed E-state index contributed by atoms with van der Waals surface area (Å²) in [5.74, 6) is 0.0265. The summed E-state index contributed by atoms with van der Waals surface area (Å²) in [6, 6.07) is 5.81. The van der Waals surface area contributed by atoms with Crippen LogP contribution in [0.1, 0.15) is 41.6 Å². The molecule has 3 nitrogen and oxygen atoms in total. The zero-order chi connectivity index (χ0) is 14.4. The first kappa shape index (κ1) is 15.5. The number of carbonyl (C=O) groups excluding carboxylic acids is 1. The van der Waals surface area contributed by atoms with E-state index < -0.39 is 0 Å². The molecule has 0 bridgehead atoms. The predicted molar refractivity (Wildman–Crippen MR) is 86.1 cm³/mol. The predicted octanol–water partition coefficient (Wildman–Crippen LogP) is 3.36. The van der Waals surface area contributed by atoms with Crippen LogP contribution in [-0.4, -0.2) is 37.0 Å². The third kappa shape index (κ3) is 4.60. The van der Waals surface area contributed by atoms with E-state index in [4.69, 9.17) is 0 Å². The first-order valence-corrected chi connectivity index (χ1v) is 8.23. The molecule has 4 heteroatoms. The van der Waals surface area contributed by atoms with E-state index >= 15 is 0 Å². The maximum absolute atomic E-state index is 12.2. The summed E-state index contributed by atoms with van der Waals surface area (Å²) >= 11 is 3.42.